The van der Waals surface area contributed by atoms with E-state index in [9.17, 15) is 9.59 Å². The summed E-state index contributed by atoms with van der Waals surface area (Å²) in [5.74, 6) is 0.600. The van der Waals surface area contributed by atoms with Gasteiger partial charge in [-0.25, -0.2) is 13.9 Å². The Kier molecular flexibility index (Phi) is 7.14. The van der Waals surface area contributed by atoms with Crippen molar-refractivity contribution in [1.82, 2.24) is 4.57 Å². The van der Waals surface area contributed by atoms with E-state index in [4.69, 9.17) is 10.5 Å². The Labute approximate surface area is 223 Å². The highest BCUT2D eigenvalue weighted by Gasteiger charge is 2.51. The van der Waals surface area contributed by atoms with Crippen LogP contribution in [0, 0.1) is 12.8 Å². The molecule has 0 radical (unpaired) electrons. The van der Waals surface area contributed by atoms with Gasteiger partial charge in [-0.3, -0.25) is 4.79 Å². The first kappa shape index (κ1) is 25.5. The molecule has 3 aromatic carbocycles. The Morgan fingerprint density at radius 3 is 2.11 bits per heavy atom. The minimum atomic E-state index is -0.879. The van der Waals surface area contributed by atoms with Crippen LogP contribution in [0.3, 0.4) is 0 Å². The average Bonchev–Trinajstić information content (AvgIpc) is 3.57. The second-order valence-corrected chi connectivity index (χ2v) is 10.1. The molecule has 6 nitrogen and oxygen atoms in total. The van der Waals surface area contributed by atoms with Crippen molar-refractivity contribution in [1.29, 1.82) is 0 Å². The summed E-state index contributed by atoms with van der Waals surface area (Å²) in [5.41, 5.74) is 8.96. The number of nitrogens with two attached hydrogens (primary N) is 1. The van der Waals surface area contributed by atoms with E-state index in [1.54, 1.807) is 12.1 Å². The van der Waals surface area contributed by atoms with E-state index < -0.39 is 5.41 Å². The molecule has 4 aromatic rings. The van der Waals surface area contributed by atoms with E-state index in [0.29, 0.717) is 12.1 Å². The lowest BCUT2D eigenvalue weighted by molar-refractivity contribution is -0.694. The molecule has 1 fully saturated rings. The van der Waals surface area contributed by atoms with E-state index in [1.165, 1.54) is 7.11 Å². The molecule has 1 aliphatic rings. The normalized spacial score (nSPS) is 17.3. The number of imidazole rings is 1. The van der Waals surface area contributed by atoms with Crippen molar-refractivity contribution in [3.63, 3.8) is 0 Å². The molecule has 1 saturated carbocycles. The molecule has 6 heteroatoms. The summed E-state index contributed by atoms with van der Waals surface area (Å²) >= 11 is 0. The molecule has 1 aliphatic carbocycles. The fourth-order valence-electron chi connectivity index (χ4n) is 6.26. The Morgan fingerprint density at radius 2 is 1.55 bits per heavy atom. The van der Waals surface area contributed by atoms with Crippen LogP contribution in [0.4, 0.5) is 0 Å². The third-order valence-electron chi connectivity index (χ3n) is 8.18. The quantitative estimate of drug-likeness (QED) is 0.276. The highest BCUT2D eigenvalue weighted by atomic mass is 16.5. The number of hydrogen-bond donors (Lipinski definition) is 1. The molecular formula is C32H34N3O3+. The monoisotopic (exact) mass is 508 g/mol. The van der Waals surface area contributed by atoms with E-state index in [2.05, 4.69) is 28.5 Å². The highest BCUT2D eigenvalue weighted by molar-refractivity contribution is 5.91. The van der Waals surface area contributed by atoms with Crippen LogP contribution in [0.5, 0.6) is 0 Å². The largest absolute Gasteiger partial charge is 0.465 e. The summed E-state index contributed by atoms with van der Waals surface area (Å²) in [7, 11) is 1.39. The van der Waals surface area contributed by atoms with Gasteiger partial charge < -0.3 is 10.5 Å². The van der Waals surface area contributed by atoms with Crippen molar-refractivity contribution in [2.24, 2.45) is 11.7 Å². The van der Waals surface area contributed by atoms with Gasteiger partial charge in [-0.2, -0.15) is 0 Å². The second kappa shape index (κ2) is 10.7. The van der Waals surface area contributed by atoms with Crippen LogP contribution in [0.2, 0.25) is 0 Å². The van der Waals surface area contributed by atoms with Crippen LogP contribution < -0.4 is 10.3 Å². The van der Waals surface area contributed by atoms with Crippen molar-refractivity contribution < 1.29 is 18.9 Å². The number of rotatable bonds is 8. The molecule has 1 amide bonds. The molecule has 5 rings (SSSR count). The Balaban J connectivity index is 1.42. The molecule has 0 spiro atoms. The maximum Gasteiger partial charge on any atom is 0.337 e. The number of methoxy groups -OCH3 is 1. The number of carbonyl (C=O) groups is 2. The van der Waals surface area contributed by atoms with Crippen molar-refractivity contribution in [3.8, 4) is 0 Å². The first-order valence-electron chi connectivity index (χ1n) is 13.1. The first-order chi connectivity index (χ1) is 18.4. The molecule has 2 atom stereocenters. The van der Waals surface area contributed by atoms with E-state index in [0.717, 1.165) is 41.8 Å². The van der Waals surface area contributed by atoms with E-state index in [-0.39, 0.29) is 23.8 Å². The zero-order valence-corrected chi connectivity index (χ0v) is 21.9. The van der Waals surface area contributed by atoms with Gasteiger partial charge in [0.2, 0.25) is 5.91 Å². The lowest BCUT2D eigenvalue weighted by Gasteiger charge is -2.37. The predicted octanol–water partition coefficient (Wildman–Crippen LogP) is 4.73. The fourth-order valence-corrected chi connectivity index (χ4v) is 6.26. The summed E-state index contributed by atoms with van der Waals surface area (Å²) < 4.78 is 9.36. The molecule has 2 N–H and O–H groups in total. The number of primary amides is 1. The van der Waals surface area contributed by atoms with Crippen molar-refractivity contribution >= 4 is 11.9 Å². The van der Waals surface area contributed by atoms with Gasteiger partial charge in [0.05, 0.1) is 12.7 Å². The Hall–Kier alpha value is -4.19. The summed E-state index contributed by atoms with van der Waals surface area (Å²) in [5, 5.41) is 0. The van der Waals surface area contributed by atoms with Crippen LogP contribution in [0.25, 0.3) is 0 Å². The zero-order valence-electron chi connectivity index (χ0n) is 21.9. The maximum absolute atomic E-state index is 13.4. The van der Waals surface area contributed by atoms with Crippen LogP contribution >= 0.6 is 0 Å². The molecular weight excluding hydrogens is 474 g/mol. The smallest absolute Gasteiger partial charge is 0.337 e. The van der Waals surface area contributed by atoms with Crippen molar-refractivity contribution in [3.05, 3.63) is 125 Å². The number of carbonyl (C=O) groups excluding carboxylic acids is 2. The Morgan fingerprint density at radius 1 is 0.947 bits per heavy atom. The van der Waals surface area contributed by atoms with E-state index >= 15 is 0 Å². The lowest BCUT2D eigenvalue weighted by atomic mass is 9.64. The van der Waals surface area contributed by atoms with Crippen LogP contribution in [0.15, 0.2) is 97.3 Å². The number of benzene rings is 3. The molecule has 1 heterocycles. The molecule has 194 valence electrons. The Bertz CT molecular complexity index is 1370. The number of esters is 1. The topological polar surface area (TPSA) is 78.2 Å². The van der Waals surface area contributed by atoms with Crippen LogP contribution in [0.1, 0.15) is 58.2 Å². The molecule has 1 aromatic heterocycles. The maximum atomic E-state index is 13.4. The van der Waals surface area contributed by atoms with Gasteiger partial charge in [0, 0.05) is 6.92 Å². The average molecular weight is 509 g/mol. The van der Waals surface area contributed by atoms with Gasteiger partial charge in [-0.1, -0.05) is 72.8 Å². The number of ether oxygens (including phenoxy) is 1. The number of amides is 1. The van der Waals surface area contributed by atoms with Gasteiger partial charge >= 0.3 is 5.97 Å². The van der Waals surface area contributed by atoms with Gasteiger partial charge in [0.25, 0.3) is 5.82 Å². The molecule has 0 aliphatic heterocycles. The predicted molar refractivity (Wildman–Crippen MR) is 145 cm³/mol. The van der Waals surface area contributed by atoms with E-state index in [1.807, 2.05) is 72.8 Å². The van der Waals surface area contributed by atoms with Crippen molar-refractivity contribution in [2.45, 2.75) is 44.2 Å². The fraction of sp³-hybridized carbons (Fsp3) is 0.281. The van der Waals surface area contributed by atoms with Crippen LogP contribution in [-0.2, 0) is 21.5 Å². The molecule has 38 heavy (non-hydrogen) atoms. The zero-order chi connectivity index (χ0) is 26.7. The first-order valence-corrected chi connectivity index (χ1v) is 13.1. The number of nitrogens with zero attached hydrogens (tertiary/aromatic N) is 2. The second-order valence-electron chi connectivity index (χ2n) is 10.1. The van der Waals surface area contributed by atoms with Gasteiger partial charge in [0.15, 0.2) is 0 Å². The summed E-state index contributed by atoms with van der Waals surface area (Å²) in [6, 6.07) is 27.8. The standard InChI is InChI=1S/C32H33N3O3/c1-23-34(22-24-13-15-25(16-14-24)30(36)38-2)19-20-35(23)29-18-17-28(21-29)32(31(33)37,26-9-5-3-6-10-26)27-11-7-4-8-12-27/h3-16,19-20,28-29H,17-18,21-22H2,1-2H3,(H-,33,37)/p+1/t28-,29+/m0/s1. The number of aromatic nitrogens is 2. The molecule has 0 bridgehead atoms. The van der Waals surface area contributed by atoms with Gasteiger partial charge in [-0.05, 0) is 54.0 Å². The SMILES string of the molecule is COC(=O)c1ccc(C[n+]2ccn([C@@H]3CC[C@H](C(C(N)=O)(c4ccccc4)c4ccccc4)C3)c2C)cc1. The summed E-state index contributed by atoms with van der Waals surface area (Å²) in [6.07, 6.45) is 6.98. The third kappa shape index (κ3) is 4.51. The minimum Gasteiger partial charge on any atom is -0.465 e. The van der Waals surface area contributed by atoms with Gasteiger partial charge in [0.1, 0.15) is 30.4 Å². The lowest BCUT2D eigenvalue weighted by Crippen LogP contribution is -2.47. The van der Waals surface area contributed by atoms with Crippen LogP contribution in [-0.4, -0.2) is 23.6 Å². The van der Waals surface area contributed by atoms with Gasteiger partial charge in [-0.15, -0.1) is 0 Å². The molecule has 0 unspecified atom stereocenters. The summed E-state index contributed by atoms with van der Waals surface area (Å²) in [6.45, 7) is 2.83. The number of hydrogen-bond acceptors (Lipinski definition) is 3. The minimum absolute atomic E-state index is 0.0796. The third-order valence-corrected chi connectivity index (χ3v) is 8.18. The molecule has 0 saturated heterocycles. The van der Waals surface area contributed by atoms with Crippen molar-refractivity contribution in [2.75, 3.05) is 7.11 Å². The highest BCUT2D eigenvalue weighted by Crippen LogP contribution is 2.49. The summed E-state index contributed by atoms with van der Waals surface area (Å²) in [4.78, 5) is 25.1.